The van der Waals surface area contributed by atoms with Gasteiger partial charge in [0.2, 0.25) is 0 Å². The second-order valence-electron chi connectivity index (χ2n) is 17.7. The Morgan fingerprint density at radius 2 is 0.933 bits per heavy atom. The van der Waals surface area contributed by atoms with E-state index in [2.05, 4.69) is 231 Å². The fraction of sp³-hybridized carbons (Fsp3) is 0.103. The number of hydrogen-bond donors (Lipinski definition) is 0. The molecule has 0 N–H and O–H groups in total. The van der Waals surface area contributed by atoms with Crippen LogP contribution in [0.2, 0.25) is 0 Å². The van der Waals surface area contributed by atoms with E-state index in [-0.39, 0.29) is 10.8 Å². The maximum absolute atomic E-state index is 2.55. The summed E-state index contributed by atoms with van der Waals surface area (Å²) >= 11 is 0. The molecular weight excluding hydrogens is 725 g/mol. The van der Waals surface area contributed by atoms with Crippen molar-refractivity contribution in [1.29, 1.82) is 0 Å². The van der Waals surface area contributed by atoms with Crippen molar-refractivity contribution < 1.29 is 0 Å². The molecule has 0 amide bonds. The second-order valence-corrected chi connectivity index (χ2v) is 17.7. The molecule has 2 heteroatoms. The first kappa shape index (κ1) is 34.8. The van der Waals surface area contributed by atoms with Gasteiger partial charge >= 0.3 is 0 Å². The summed E-state index contributed by atoms with van der Waals surface area (Å²) in [6.07, 6.45) is 0. The molecule has 2 nitrogen and oxygen atoms in total. The summed E-state index contributed by atoms with van der Waals surface area (Å²) < 4.78 is 2.41. The van der Waals surface area contributed by atoms with E-state index in [1.165, 1.54) is 93.9 Å². The van der Waals surface area contributed by atoms with Crippen LogP contribution in [0.1, 0.15) is 49.9 Å². The summed E-state index contributed by atoms with van der Waals surface area (Å²) in [4.78, 5) is 2.55. The number of benzene rings is 9. The topological polar surface area (TPSA) is 8.17 Å². The van der Waals surface area contributed by atoms with Crippen LogP contribution in [-0.2, 0) is 10.8 Å². The van der Waals surface area contributed by atoms with Gasteiger partial charge in [-0.05, 0) is 104 Å². The van der Waals surface area contributed by atoms with Crippen LogP contribution in [-0.4, -0.2) is 4.57 Å². The summed E-state index contributed by atoms with van der Waals surface area (Å²) in [6, 6.07) is 72.4. The molecule has 286 valence electrons. The number of rotatable bonds is 5. The van der Waals surface area contributed by atoms with Gasteiger partial charge in [0.1, 0.15) is 0 Å². The van der Waals surface area contributed by atoms with Crippen molar-refractivity contribution in [1.82, 2.24) is 4.57 Å². The fourth-order valence-electron chi connectivity index (χ4n) is 10.9. The van der Waals surface area contributed by atoms with Crippen molar-refractivity contribution in [3.8, 4) is 39.1 Å². The summed E-state index contributed by atoms with van der Waals surface area (Å²) in [6.45, 7) is 9.47. The Kier molecular flexibility index (Phi) is 7.36. The molecule has 0 saturated heterocycles. The average Bonchev–Trinajstić information content (AvgIpc) is 3.84. The van der Waals surface area contributed by atoms with E-state index in [9.17, 15) is 0 Å². The molecule has 2 aliphatic rings. The molecule has 12 rings (SSSR count). The third-order valence-electron chi connectivity index (χ3n) is 13.8. The number of fused-ring (bicyclic) bond motifs is 10. The molecule has 0 saturated carbocycles. The minimum absolute atomic E-state index is 0.0750. The van der Waals surface area contributed by atoms with E-state index >= 15 is 0 Å². The van der Waals surface area contributed by atoms with Gasteiger partial charge < -0.3 is 9.47 Å². The molecule has 1 heterocycles. The maximum Gasteiger partial charge on any atom is 0.0543 e. The van der Waals surface area contributed by atoms with Gasteiger partial charge in [-0.15, -0.1) is 0 Å². The highest BCUT2D eigenvalue weighted by Crippen LogP contribution is 2.56. The molecule has 1 aromatic heterocycles. The van der Waals surface area contributed by atoms with Crippen molar-refractivity contribution in [3.05, 3.63) is 216 Å². The van der Waals surface area contributed by atoms with E-state index in [4.69, 9.17) is 0 Å². The van der Waals surface area contributed by atoms with Crippen LogP contribution in [0.4, 0.5) is 17.1 Å². The normalized spacial score (nSPS) is 14.3. The summed E-state index contributed by atoms with van der Waals surface area (Å²) in [5, 5.41) is 4.97. The highest BCUT2D eigenvalue weighted by Gasteiger charge is 2.39. The highest BCUT2D eigenvalue weighted by molar-refractivity contribution is 6.10. The Morgan fingerprint density at radius 3 is 1.68 bits per heavy atom. The van der Waals surface area contributed by atoms with E-state index in [1.54, 1.807) is 0 Å². The van der Waals surface area contributed by atoms with Crippen LogP contribution in [0.25, 0.3) is 71.6 Å². The number of para-hydroxylation sites is 2. The fourth-order valence-corrected chi connectivity index (χ4v) is 10.9. The number of hydrogen-bond acceptors (Lipinski definition) is 1. The van der Waals surface area contributed by atoms with E-state index in [0.29, 0.717) is 0 Å². The molecule has 10 aromatic rings. The number of aromatic nitrogens is 1. The predicted octanol–water partition coefficient (Wildman–Crippen LogP) is 15.7. The first-order valence-corrected chi connectivity index (χ1v) is 21.2. The lowest BCUT2D eigenvalue weighted by atomic mass is 9.82. The van der Waals surface area contributed by atoms with Gasteiger partial charge in [0, 0.05) is 43.9 Å². The van der Waals surface area contributed by atoms with Gasteiger partial charge in [0.25, 0.3) is 0 Å². The minimum atomic E-state index is -0.123. The molecule has 0 spiro atoms. The van der Waals surface area contributed by atoms with Gasteiger partial charge in [-0.2, -0.15) is 0 Å². The average molecular weight is 769 g/mol. The molecule has 0 unspecified atom stereocenters. The molecule has 9 aromatic carbocycles. The molecular formula is C58H44N2. The monoisotopic (exact) mass is 768 g/mol. The zero-order valence-electron chi connectivity index (χ0n) is 34.4. The van der Waals surface area contributed by atoms with Crippen molar-refractivity contribution in [2.45, 2.75) is 38.5 Å². The maximum atomic E-state index is 2.55. The van der Waals surface area contributed by atoms with Gasteiger partial charge in [-0.1, -0.05) is 173 Å². The smallest absolute Gasteiger partial charge is 0.0543 e. The van der Waals surface area contributed by atoms with Crippen molar-refractivity contribution in [2.24, 2.45) is 0 Å². The zero-order chi connectivity index (χ0) is 40.3. The molecule has 2 aliphatic carbocycles. The Bertz CT molecular complexity index is 3340. The zero-order valence-corrected chi connectivity index (χ0v) is 34.4. The number of anilines is 3. The van der Waals surface area contributed by atoms with Crippen LogP contribution in [0.3, 0.4) is 0 Å². The van der Waals surface area contributed by atoms with Crippen LogP contribution in [0, 0.1) is 0 Å². The van der Waals surface area contributed by atoms with E-state index < -0.39 is 0 Å². The lowest BCUT2D eigenvalue weighted by molar-refractivity contribution is 0.660. The lowest BCUT2D eigenvalue weighted by Gasteiger charge is -2.31. The Balaban J connectivity index is 1.09. The van der Waals surface area contributed by atoms with Crippen molar-refractivity contribution in [2.75, 3.05) is 4.90 Å². The standard InChI is InChI=1S/C58H44N2/c1-57(2)48-25-11-7-20-42(48)47-36-39(31-33-50(47)57)60(55-30-16-27-51-56(55)46-24-8-12-26-49(46)58(51,3)4)54-34-32-40(41-19-5-6-21-43(41)54)37-17-15-18-38(35-37)59-52-28-13-9-22-44(52)45-23-10-14-29-53(45)59/h5-36H,1-4H3. The third kappa shape index (κ3) is 4.82. The quantitative estimate of drug-likeness (QED) is 0.169. The van der Waals surface area contributed by atoms with Gasteiger partial charge in [-0.25, -0.2) is 0 Å². The predicted molar refractivity (Wildman–Crippen MR) is 254 cm³/mol. The van der Waals surface area contributed by atoms with Gasteiger partial charge in [-0.3, -0.25) is 0 Å². The molecule has 0 bridgehead atoms. The van der Waals surface area contributed by atoms with Crippen LogP contribution < -0.4 is 4.90 Å². The van der Waals surface area contributed by atoms with Crippen molar-refractivity contribution >= 4 is 49.6 Å². The van der Waals surface area contributed by atoms with Gasteiger partial charge in [0.05, 0.1) is 22.4 Å². The summed E-state index contributed by atoms with van der Waals surface area (Å²) in [5.41, 5.74) is 20.1. The molecule has 60 heavy (non-hydrogen) atoms. The SMILES string of the molecule is CC1(C)c2ccccc2-c2cc(N(c3cccc4c3-c3ccccc3C4(C)C)c3ccc(-c4cccc(-n5c6ccccc6c6ccccc65)c4)c4ccccc34)ccc21. The molecule has 0 atom stereocenters. The van der Waals surface area contributed by atoms with Crippen LogP contribution in [0.5, 0.6) is 0 Å². The first-order chi connectivity index (χ1) is 29.3. The summed E-state index contributed by atoms with van der Waals surface area (Å²) in [5.74, 6) is 0. The van der Waals surface area contributed by atoms with Crippen molar-refractivity contribution in [3.63, 3.8) is 0 Å². The molecule has 0 fully saturated rings. The molecule has 0 aliphatic heterocycles. The van der Waals surface area contributed by atoms with Gasteiger partial charge in [0.15, 0.2) is 0 Å². The van der Waals surface area contributed by atoms with E-state index in [1.807, 2.05) is 0 Å². The van der Waals surface area contributed by atoms with Crippen LogP contribution in [0.15, 0.2) is 194 Å². The van der Waals surface area contributed by atoms with Crippen LogP contribution >= 0.6 is 0 Å². The largest absolute Gasteiger partial charge is 0.309 e. The molecule has 0 radical (unpaired) electrons. The minimum Gasteiger partial charge on any atom is -0.309 e. The Labute approximate surface area is 351 Å². The van der Waals surface area contributed by atoms with E-state index in [0.717, 1.165) is 17.1 Å². The third-order valence-corrected chi connectivity index (χ3v) is 13.8. The highest BCUT2D eigenvalue weighted by atomic mass is 15.1. The Morgan fingerprint density at radius 1 is 0.367 bits per heavy atom. The summed E-state index contributed by atoms with van der Waals surface area (Å²) in [7, 11) is 0. The lowest BCUT2D eigenvalue weighted by Crippen LogP contribution is -2.17. The Hall–Kier alpha value is -7.16. The number of nitrogens with zero attached hydrogens (tertiary/aromatic N) is 2. The first-order valence-electron chi connectivity index (χ1n) is 21.2. The second kappa shape index (κ2) is 12.7.